The Hall–Kier alpha value is -6.77. The molecule has 3 nitrogen and oxygen atoms in total. The molecule has 1 heterocycles. The number of benzene rings is 5. The summed E-state index contributed by atoms with van der Waals surface area (Å²) in [6.45, 7) is 6.70. The van der Waals surface area contributed by atoms with Crippen molar-refractivity contribution < 1.29 is 115 Å². The van der Waals surface area contributed by atoms with Crippen LogP contribution in [0.1, 0.15) is 81.3 Å². The number of rotatable bonds is 7. The third kappa shape index (κ3) is 13.8. The van der Waals surface area contributed by atoms with Gasteiger partial charge >= 0.3 is 49.4 Å². The smallest absolute Gasteiger partial charge is 0.287 e. The summed E-state index contributed by atoms with van der Waals surface area (Å²) < 4.78 is 343. The highest BCUT2D eigenvalue weighted by atomic mass is 19.4. The average Bonchev–Trinajstić information content (AvgIpc) is 3.27. The largest absolute Gasteiger partial charge is 0.416 e. The quantitative estimate of drug-likeness (QED) is 0.0691. The van der Waals surface area contributed by atoms with Gasteiger partial charge in [0.1, 0.15) is 6.15 Å². The molecule has 0 saturated heterocycles. The van der Waals surface area contributed by atoms with Crippen LogP contribution in [0.2, 0.25) is 0 Å². The van der Waals surface area contributed by atoms with Crippen LogP contribution in [0.5, 0.6) is 0 Å². The van der Waals surface area contributed by atoms with Crippen LogP contribution < -0.4 is 26.4 Å². The molecule has 0 aliphatic rings. The Kier molecular flexibility index (Phi) is 16.1. The molecule has 0 unspecified atom stereocenters. The van der Waals surface area contributed by atoms with E-state index in [0.29, 0.717) is 6.54 Å². The molecular weight excluding hydrogens is 1090 g/mol. The second kappa shape index (κ2) is 20.3. The second-order valence-corrected chi connectivity index (χ2v) is 17.9. The first-order valence-corrected chi connectivity index (χ1v) is 21.0. The Balaban J connectivity index is 0.000000468. The maximum Gasteiger partial charge on any atom is 0.416 e. The Bertz CT molecular complexity index is 2630. The number of hydrogen-bond donors (Lipinski definition) is 0. The number of carbonyl (C=O) groups is 1. The van der Waals surface area contributed by atoms with Crippen molar-refractivity contribution in [3.05, 3.63) is 177 Å². The summed E-state index contributed by atoms with van der Waals surface area (Å²) in [5.74, 6) is 0.113. The molecule has 0 aliphatic heterocycles. The number of carbonyl (C=O) groups excluding carboxylic acids is 1. The number of ketones is 1. The van der Waals surface area contributed by atoms with Gasteiger partial charge in [0.15, 0.2) is 6.20 Å². The first kappa shape index (κ1) is 60.1. The Morgan fingerprint density at radius 3 is 0.882 bits per heavy atom. The van der Waals surface area contributed by atoms with E-state index in [1.165, 1.54) is 0 Å². The number of halogens is 24. The van der Waals surface area contributed by atoms with Crippen molar-refractivity contribution in [3.63, 3.8) is 0 Å². The summed E-state index contributed by atoms with van der Waals surface area (Å²) in [5, 5.41) is 0. The summed E-state index contributed by atoms with van der Waals surface area (Å²) in [4.78, 5) is 16.4. The van der Waals surface area contributed by atoms with Crippen LogP contribution in [-0.4, -0.2) is 16.9 Å². The van der Waals surface area contributed by atoms with Crippen LogP contribution in [0.3, 0.4) is 0 Å². The average molecular weight is 1120 g/mol. The van der Waals surface area contributed by atoms with E-state index in [0.717, 1.165) is 11.3 Å². The van der Waals surface area contributed by atoms with Crippen LogP contribution >= 0.6 is 0 Å². The van der Waals surface area contributed by atoms with Gasteiger partial charge in [0, 0.05) is 11.0 Å². The highest BCUT2D eigenvalue weighted by molar-refractivity contribution is 7.20. The minimum atomic E-state index is -6.13. The van der Waals surface area contributed by atoms with Crippen molar-refractivity contribution in [2.75, 3.05) is 0 Å². The summed E-state index contributed by atoms with van der Waals surface area (Å²) in [6, 6.07) is 0.568. The van der Waals surface area contributed by atoms with Gasteiger partial charge in [-0.25, -0.2) is 0 Å². The van der Waals surface area contributed by atoms with Gasteiger partial charge in [0.25, 0.3) is 0 Å². The topological polar surface area (TPSA) is 33.8 Å². The van der Waals surface area contributed by atoms with Crippen molar-refractivity contribution in [1.82, 2.24) is 4.98 Å². The summed E-state index contributed by atoms with van der Waals surface area (Å²) in [7, 11) is 0. The lowest BCUT2D eigenvalue weighted by atomic mass is 9.12. The summed E-state index contributed by atoms with van der Waals surface area (Å²) >= 11 is 0. The minimum absolute atomic E-state index is 0.0365. The molecule has 0 fully saturated rings. The van der Waals surface area contributed by atoms with Crippen molar-refractivity contribution in [2.45, 2.75) is 82.1 Å². The summed E-state index contributed by atoms with van der Waals surface area (Å²) in [6.07, 6.45) is -49.4. The fourth-order valence-electron chi connectivity index (χ4n) is 8.09. The van der Waals surface area contributed by atoms with Crippen molar-refractivity contribution in [3.8, 4) is 0 Å². The fraction of sp³-hybridized carbons (Fsp3) is 0.271. The molecule has 0 atom stereocenters. The fourth-order valence-corrected chi connectivity index (χ4v) is 8.09. The second-order valence-electron chi connectivity index (χ2n) is 17.9. The lowest BCUT2D eigenvalue weighted by molar-refractivity contribution is -0.694. The molecule has 0 aliphatic carbocycles. The molecule has 0 saturated carbocycles. The molecule has 0 N–H and O–H groups in total. The maximum atomic E-state index is 14.2. The molecule has 410 valence electrons. The Labute approximate surface area is 412 Å². The molecule has 6 rings (SSSR count). The lowest BCUT2D eigenvalue weighted by Gasteiger charge is -2.46. The lowest BCUT2D eigenvalue weighted by Crippen LogP contribution is -2.75. The van der Waals surface area contributed by atoms with E-state index in [1.807, 2.05) is 47.3 Å². The van der Waals surface area contributed by atoms with Crippen LogP contribution in [-0.2, 0) is 61.4 Å². The van der Waals surface area contributed by atoms with Gasteiger partial charge in [-0.2, -0.15) is 132 Å². The zero-order valence-electron chi connectivity index (χ0n) is 38.2. The van der Waals surface area contributed by atoms with Crippen LogP contribution in [0.4, 0.5) is 105 Å². The van der Waals surface area contributed by atoms with E-state index in [1.54, 1.807) is 6.20 Å². The van der Waals surface area contributed by atoms with E-state index >= 15 is 0 Å². The van der Waals surface area contributed by atoms with Gasteiger partial charge in [-0.05, 0) is 24.3 Å². The van der Waals surface area contributed by atoms with Gasteiger partial charge in [0.05, 0.1) is 56.9 Å². The van der Waals surface area contributed by atoms with Gasteiger partial charge in [0.2, 0.25) is 18.0 Å². The highest BCUT2D eigenvalue weighted by Crippen LogP contribution is 2.41. The van der Waals surface area contributed by atoms with Crippen molar-refractivity contribution >= 4 is 33.8 Å². The maximum absolute atomic E-state index is 14.2. The molecular formula is C48H31BF24N2O. The predicted molar refractivity (Wildman–Crippen MR) is 224 cm³/mol. The van der Waals surface area contributed by atoms with Crippen LogP contribution in [0.25, 0.3) is 0 Å². The van der Waals surface area contributed by atoms with Gasteiger partial charge in [-0.15, -0.1) is 0 Å². The number of nitrogens with zero attached hydrogens (tertiary/aromatic N) is 2. The Morgan fingerprint density at radius 2 is 0.658 bits per heavy atom. The third-order valence-corrected chi connectivity index (χ3v) is 11.5. The minimum Gasteiger partial charge on any atom is -0.287 e. The van der Waals surface area contributed by atoms with Crippen molar-refractivity contribution in [1.29, 1.82) is 0 Å². The molecule has 28 heteroatoms. The SMILES string of the molecule is CC(C)(C)c1cncc[n+]1CC(=O)c1ccccc1.FC(F)(F)c1cc([B-](c2cc(C(F)(F)F)cc(C(F)(F)F)c2)(c2cc(C(F)(F)F)cc(C(F)(F)F)c2)c2cc(C(F)(F)F)cc(C(F)(F)F)c2)cc(C(F)(F)F)c1. The van der Waals surface area contributed by atoms with E-state index in [4.69, 9.17) is 0 Å². The number of Topliss-reactive ketones (excluding diaryl/α,β-unsaturated/α-hetero) is 1. The zero-order chi connectivity index (χ0) is 57.8. The van der Waals surface area contributed by atoms with Crippen LogP contribution in [0.15, 0.2) is 122 Å². The molecule has 6 aromatic rings. The first-order valence-electron chi connectivity index (χ1n) is 21.0. The molecule has 76 heavy (non-hydrogen) atoms. The Morgan fingerprint density at radius 1 is 0.408 bits per heavy atom. The van der Waals surface area contributed by atoms with E-state index in [9.17, 15) is 110 Å². The van der Waals surface area contributed by atoms with E-state index < -0.39 is 195 Å². The number of aromatic nitrogens is 2. The first-order chi connectivity index (χ1) is 34.2. The zero-order valence-corrected chi connectivity index (χ0v) is 38.2. The van der Waals surface area contributed by atoms with Gasteiger partial charge in [-0.3, -0.25) is 9.78 Å². The molecule has 1 aromatic heterocycles. The van der Waals surface area contributed by atoms with Gasteiger partial charge in [-0.1, -0.05) is 99.6 Å². The van der Waals surface area contributed by atoms with E-state index in [-0.39, 0.29) is 11.2 Å². The van der Waals surface area contributed by atoms with Crippen LogP contribution in [0, 0.1) is 0 Å². The molecule has 5 aromatic carbocycles. The number of hydrogen-bond acceptors (Lipinski definition) is 2. The molecule has 0 radical (unpaired) electrons. The monoisotopic (exact) mass is 1120 g/mol. The molecule has 0 bridgehead atoms. The molecule has 0 spiro atoms. The summed E-state index contributed by atoms with van der Waals surface area (Å²) in [5.41, 5.74) is -28.4. The highest BCUT2D eigenvalue weighted by Gasteiger charge is 2.47. The van der Waals surface area contributed by atoms with Gasteiger partial charge < -0.3 is 0 Å². The predicted octanol–water partition coefficient (Wildman–Crippen LogP) is 13.8. The molecule has 0 amide bonds. The van der Waals surface area contributed by atoms with Crippen molar-refractivity contribution in [2.24, 2.45) is 0 Å². The third-order valence-electron chi connectivity index (χ3n) is 11.5. The normalized spacial score (nSPS) is 13.6. The number of alkyl halides is 24. The standard InChI is InChI=1S/C32H12BF24.C16H19N2O/c34-25(35,36)13-1-14(26(37,38)39)6-21(5-13)33(22-7-15(27(40,41)42)2-16(8-22)28(43,44)45,23-9-17(29(46,47)48)3-18(10-23)30(49,50)51)24-11-19(31(52,53)54)4-20(12-24)32(55,56)57;1-16(2,3)15-11-17-9-10-18(15)12-14(19)13-7-5-4-6-8-13/h1-12H;4-11H,12H2,1-3H3/q-1;+1. The van der Waals surface area contributed by atoms with E-state index in [2.05, 4.69) is 25.8 Å².